The Kier molecular flexibility index (Phi) is 7.53. The average molecular weight is 390 g/mol. The summed E-state index contributed by atoms with van der Waals surface area (Å²) in [6.07, 6.45) is 2.03. The van der Waals surface area contributed by atoms with Crippen molar-refractivity contribution in [2.45, 2.75) is 24.8 Å². The zero-order valence-corrected chi connectivity index (χ0v) is 16.6. The van der Waals surface area contributed by atoms with Gasteiger partial charge in [-0.25, -0.2) is 0 Å². The van der Waals surface area contributed by atoms with E-state index >= 15 is 0 Å². The first-order valence-corrected chi connectivity index (χ1v) is 9.85. The number of hydrogen-bond donors (Lipinski definition) is 1. The van der Waals surface area contributed by atoms with E-state index in [0.717, 1.165) is 49.9 Å². The molecule has 0 amide bonds. The highest BCUT2D eigenvalue weighted by atomic mass is 35.5. The first-order chi connectivity index (χ1) is 13.2. The molecule has 0 aliphatic carbocycles. The number of rotatable bonds is 9. The molecule has 0 spiro atoms. The van der Waals surface area contributed by atoms with Gasteiger partial charge in [-0.3, -0.25) is 0 Å². The van der Waals surface area contributed by atoms with Crippen LogP contribution >= 0.6 is 11.6 Å². The van der Waals surface area contributed by atoms with Gasteiger partial charge in [0.2, 0.25) is 0 Å². The van der Waals surface area contributed by atoms with Crippen molar-refractivity contribution in [3.8, 4) is 5.75 Å². The molecule has 1 aliphatic rings. The smallest absolute Gasteiger partial charge is 0.119 e. The first kappa shape index (κ1) is 20.2. The molecule has 0 radical (unpaired) electrons. The maximum Gasteiger partial charge on any atom is 0.119 e. The predicted octanol–water partition coefficient (Wildman–Crippen LogP) is 4.20. The summed E-state index contributed by atoms with van der Waals surface area (Å²) in [5.74, 6) is 0.879. The van der Waals surface area contributed by atoms with Crippen LogP contribution in [0.25, 0.3) is 0 Å². The van der Waals surface area contributed by atoms with Crippen molar-refractivity contribution in [3.05, 3.63) is 64.7 Å². The van der Waals surface area contributed by atoms with Crippen molar-refractivity contribution in [2.24, 2.45) is 0 Å². The van der Waals surface area contributed by atoms with Crippen molar-refractivity contribution < 1.29 is 14.2 Å². The summed E-state index contributed by atoms with van der Waals surface area (Å²) in [5.41, 5.74) is 2.64. The van der Waals surface area contributed by atoms with E-state index in [1.807, 2.05) is 24.3 Å². The Balaban J connectivity index is 1.61. The van der Waals surface area contributed by atoms with Crippen molar-refractivity contribution in [2.75, 3.05) is 40.1 Å². The van der Waals surface area contributed by atoms with Crippen LogP contribution in [-0.2, 0) is 21.4 Å². The monoisotopic (exact) mass is 389 g/mol. The second-order valence-corrected chi connectivity index (χ2v) is 7.43. The number of methoxy groups -OCH3 is 1. The molecular formula is C22H28ClNO3. The molecule has 0 unspecified atom stereocenters. The Hall–Kier alpha value is -1.59. The van der Waals surface area contributed by atoms with E-state index in [0.29, 0.717) is 13.2 Å². The molecule has 2 aromatic rings. The summed E-state index contributed by atoms with van der Waals surface area (Å²) in [7, 11) is 1.68. The average Bonchev–Trinajstić information content (AvgIpc) is 2.70. The maximum atomic E-state index is 6.08. The molecular weight excluding hydrogens is 362 g/mol. The summed E-state index contributed by atoms with van der Waals surface area (Å²) in [4.78, 5) is 0. The number of nitrogens with one attached hydrogen (secondary N) is 1. The molecule has 1 saturated heterocycles. The molecule has 1 aliphatic heterocycles. The highest BCUT2D eigenvalue weighted by Gasteiger charge is 2.34. The summed E-state index contributed by atoms with van der Waals surface area (Å²) < 4.78 is 16.3. The molecule has 1 heterocycles. The zero-order chi connectivity index (χ0) is 19.0. The molecule has 0 saturated carbocycles. The molecule has 0 atom stereocenters. The van der Waals surface area contributed by atoms with Crippen molar-refractivity contribution >= 4 is 11.6 Å². The van der Waals surface area contributed by atoms with E-state index in [-0.39, 0.29) is 5.41 Å². The van der Waals surface area contributed by atoms with Crippen LogP contribution in [0, 0.1) is 0 Å². The van der Waals surface area contributed by atoms with E-state index in [4.69, 9.17) is 25.8 Å². The van der Waals surface area contributed by atoms with Gasteiger partial charge in [-0.1, -0.05) is 35.9 Å². The van der Waals surface area contributed by atoms with Crippen molar-refractivity contribution in [3.63, 3.8) is 0 Å². The van der Waals surface area contributed by atoms with Crippen LogP contribution in [0.3, 0.4) is 0 Å². The second kappa shape index (κ2) is 10.1. The van der Waals surface area contributed by atoms with Gasteiger partial charge < -0.3 is 19.5 Å². The van der Waals surface area contributed by atoms with Crippen LogP contribution in [0.1, 0.15) is 24.0 Å². The lowest BCUT2D eigenvalue weighted by Crippen LogP contribution is -2.42. The van der Waals surface area contributed by atoms with E-state index in [1.165, 1.54) is 11.1 Å². The first-order valence-electron chi connectivity index (χ1n) is 9.47. The van der Waals surface area contributed by atoms with E-state index in [2.05, 4.69) is 29.6 Å². The quantitative estimate of drug-likeness (QED) is 0.652. The van der Waals surface area contributed by atoms with Crippen molar-refractivity contribution in [1.82, 2.24) is 5.32 Å². The van der Waals surface area contributed by atoms with Crippen LogP contribution < -0.4 is 10.1 Å². The van der Waals surface area contributed by atoms with Crippen LogP contribution in [0.5, 0.6) is 5.75 Å². The fourth-order valence-electron chi connectivity index (χ4n) is 3.57. The van der Waals surface area contributed by atoms with Crippen LogP contribution in [0.15, 0.2) is 48.5 Å². The Morgan fingerprint density at radius 1 is 1.07 bits per heavy atom. The fourth-order valence-corrected chi connectivity index (χ4v) is 3.69. The predicted molar refractivity (Wildman–Crippen MR) is 109 cm³/mol. The normalized spacial score (nSPS) is 16.2. The molecule has 1 fully saturated rings. The van der Waals surface area contributed by atoms with Crippen molar-refractivity contribution in [1.29, 1.82) is 0 Å². The maximum absolute atomic E-state index is 6.08. The number of benzene rings is 2. The third kappa shape index (κ3) is 5.69. The molecule has 2 aromatic carbocycles. The molecule has 5 heteroatoms. The van der Waals surface area contributed by atoms with Gasteiger partial charge in [0.05, 0.1) is 6.61 Å². The molecule has 4 nitrogen and oxygen atoms in total. The highest BCUT2D eigenvalue weighted by molar-refractivity contribution is 6.30. The topological polar surface area (TPSA) is 39.7 Å². The van der Waals surface area contributed by atoms with E-state index in [1.54, 1.807) is 7.11 Å². The van der Waals surface area contributed by atoms with Gasteiger partial charge in [-0.05, 0) is 48.2 Å². The number of hydrogen-bond acceptors (Lipinski definition) is 4. The van der Waals surface area contributed by atoms with Crippen LogP contribution in [0.4, 0.5) is 0 Å². The minimum Gasteiger partial charge on any atom is -0.491 e. The summed E-state index contributed by atoms with van der Waals surface area (Å²) in [5, 5.41) is 4.43. The van der Waals surface area contributed by atoms with Gasteiger partial charge in [0.25, 0.3) is 0 Å². The standard InChI is InChI=1S/C22H28ClNO3/c1-25-13-14-27-21-4-2-3-18(15-21)16-24-17-22(9-11-26-12-10-22)19-5-7-20(23)8-6-19/h2-8,15,24H,9-14,16-17H2,1H3. The van der Waals surface area contributed by atoms with E-state index in [9.17, 15) is 0 Å². The molecule has 27 heavy (non-hydrogen) atoms. The molecule has 1 N–H and O–H groups in total. The van der Waals surface area contributed by atoms with Crippen LogP contribution in [-0.4, -0.2) is 40.1 Å². The van der Waals surface area contributed by atoms with Gasteiger partial charge in [0.15, 0.2) is 0 Å². The lowest BCUT2D eigenvalue weighted by molar-refractivity contribution is 0.0498. The summed E-state index contributed by atoms with van der Waals surface area (Å²) in [6, 6.07) is 16.5. The van der Waals surface area contributed by atoms with Crippen LogP contribution in [0.2, 0.25) is 5.02 Å². The van der Waals surface area contributed by atoms with Gasteiger partial charge in [-0.2, -0.15) is 0 Å². The number of ether oxygens (including phenoxy) is 3. The van der Waals surface area contributed by atoms with Gasteiger partial charge in [0.1, 0.15) is 12.4 Å². The summed E-state index contributed by atoms with van der Waals surface area (Å²) >= 11 is 6.08. The Labute approximate surface area is 166 Å². The third-order valence-electron chi connectivity index (χ3n) is 5.15. The molecule has 146 valence electrons. The largest absolute Gasteiger partial charge is 0.491 e. The highest BCUT2D eigenvalue weighted by Crippen LogP contribution is 2.35. The minimum absolute atomic E-state index is 0.0927. The zero-order valence-electron chi connectivity index (χ0n) is 15.9. The fraction of sp³-hybridized carbons (Fsp3) is 0.455. The molecule has 0 aromatic heterocycles. The lowest BCUT2D eigenvalue weighted by Gasteiger charge is -2.38. The van der Waals surface area contributed by atoms with Gasteiger partial charge in [0, 0.05) is 43.9 Å². The second-order valence-electron chi connectivity index (χ2n) is 6.99. The van der Waals surface area contributed by atoms with E-state index < -0.39 is 0 Å². The summed E-state index contributed by atoms with van der Waals surface area (Å²) in [6.45, 7) is 4.46. The molecule has 0 bridgehead atoms. The third-order valence-corrected chi connectivity index (χ3v) is 5.41. The molecule has 3 rings (SSSR count). The Morgan fingerprint density at radius 2 is 1.85 bits per heavy atom. The minimum atomic E-state index is 0.0927. The Morgan fingerprint density at radius 3 is 2.59 bits per heavy atom. The lowest BCUT2D eigenvalue weighted by atomic mass is 9.74. The van der Waals surface area contributed by atoms with Gasteiger partial charge in [-0.15, -0.1) is 0 Å². The van der Waals surface area contributed by atoms with Gasteiger partial charge >= 0.3 is 0 Å². The SMILES string of the molecule is COCCOc1cccc(CNCC2(c3ccc(Cl)cc3)CCOCC2)c1. The number of halogens is 1. The Bertz CT molecular complexity index is 699.